The third kappa shape index (κ3) is 4.31. The van der Waals surface area contributed by atoms with Gasteiger partial charge in [-0.05, 0) is 62.6 Å². The number of aliphatic hydroxyl groups excluding tert-OH is 1. The average molecular weight is 445 g/mol. The largest absolute Gasteiger partial charge is 0.497 e. The van der Waals surface area contributed by atoms with E-state index in [1.165, 1.54) is 16.9 Å². The van der Waals surface area contributed by atoms with E-state index < -0.39 is 21.5 Å². The molecule has 31 heavy (non-hydrogen) atoms. The lowest BCUT2D eigenvalue weighted by Crippen LogP contribution is -2.33. The van der Waals surface area contributed by atoms with E-state index in [0.717, 1.165) is 6.26 Å². The summed E-state index contributed by atoms with van der Waals surface area (Å²) >= 11 is 0. The summed E-state index contributed by atoms with van der Waals surface area (Å²) in [4.78, 5) is 13.0. The topological polar surface area (TPSA) is 101 Å². The van der Waals surface area contributed by atoms with Crippen LogP contribution in [-0.4, -0.2) is 36.7 Å². The highest BCUT2D eigenvalue weighted by atomic mass is 32.2. The Morgan fingerprint density at radius 1 is 1.06 bits per heavy atom. The number of benzene rings is 2. The van der Waals surface area contributed by atoms with Crippen molar-refractivity contribution >= 4 is 9.84 Å². The minimum Gasteiger partial charge on any atom is -0.497 e. The predicted molar refractivity (Wildman–Crippen MR) is 120 cm³/mol. The molecule has 3 aromatic rings. The standard InChI is InChI=1S/C23H28N2O5S/c1-14-17(21(26)18-13-24-25(22(18)27)23(2,3)4)11-12-19(31(6,28)29)20(14)15-7-9-16(30-5)10-8-15/h7-13,21,24,26H,1-6H3/t21-/m0/s1. The molecule has 1 heterocycles. The maximum atomic E-state index is 12.9. The van der Waals surface area contributed by atoms with Gasteiger partial charge in [0, 0.05) is 18.0 Å². The molecule has 0 saturated carbocycles. The second kappa shape index (κ2) is 8.01. The predicted octanol–water partition coefficient (Wildman–Crippen LogP) is 3.40. The Bertz CT molecular complexity index is 1260. The summed E-state index contributed by atoms with van der Waals surface area (Å²) in [5, 5.41) is 14.0. The summed E-state index contributed by atoms with van der Waals surface area (Å²) in [7, 11) is -1.98. The van der Waals surface area contributed by atoms with Crippen LogP contribution in [0.4, 0.5) is 0 Å². The lowest BCUT2D eigenvalue weighted by Gasteiger charge is -2.20. The van der Waals surface area contributed by atoms with Gasteiger partial charge in [0.25, 0.3) is 5.56 Å². The molecule has 0 saturated heterocycles. The van der Waals surface area contributed by atoms with Gasteiger partial charge in [-0.3, -0.25) is 4.79 Å². The van der Waals surface area contributed by atoms with Crippen molar-refractivity contribution in [2.45, 2.75) is 44.2 Å². The lowest BCUT2D eigenvalue weighted by molar-refractivity contribution is 0.217. The van der Waals surface area contributed by atoms with Crippen molar-refractivity contribution in [2.75, 3.05) is 13.4 Å². The molecule has 0 amide bonds. The van der Waals surface area contributed by atoms with Crippen LogP contribution in [0, 0.1) is 6.92 Å². The van der Waals surface area contributed by atoms with Gasteiger partial charge in [0.1, 0.15) is 11.9 Å². The van der Waals surface area contributed by atoms with Crippen LogP contribution in [0.25, 0.3) is 11.1 Å². The normalized spacial score (nSPS) is 13.3. The number of aromatic amines is 1. The molecule has 0 unspecified atom stereocenters. The first kappa shape index (κ1) is 22.8. The zero-order chi connectivity index (χ0) is 23.1. The molecule has 0 radical (unpaired) electrons. The van der Waals surface area contributed by atoms with Crippen LogP contribution in [0.5, 0.6) is 5.75 Å². The monoisotopic (exact) mass is 444 g/mol. The molecule has 2 aromatic carbocycles. The molecule has 3 rings (SSSR count). The van der Waals surface area contributed by atoms with E-state index in [2.05, 4.69) is 5.10 Å². The maximum Gasteiger partial charge on any atom is 0.273 e. The summed E-state index contributed by atoms with van der Waals surface area (Å²) in [5.41, 5.74) is 1.63. The fraction of sp³-hybridized carbons (Fsp3) is 0.348. The third-order valence-corrected chi connectivity index (χ3v) is 6.45. The van der Waals surface area contributed by atoms with E-state index in [-0.39, 0.29) is 16.0 Å². The number of nitrogens with zero attached hydrogens (tertiary/aromatic N) is 1. The Labute approximate surface area is 182 Å². The molecule has 8 heteroatoms. The number of ether oxygens (including phenoxy) is 1. The highest BCUT2D eigenvalue weighted by molar-refractivity contribution is 7.90. The Morgan fingerprint density at radius 3 is 2.16 bits per heavy atom. The summed E-state index contributed by atoms with van der Waals surface area (Å²) in [6.45, 7) is 7.40. The number of hydrogen-bond donors (Lipinski definition) is 2. The molecular formula is C23H28N2O5S. The molecule has 1 aromatic heterocycles. The molecule has 2 N–H and O–H groups in total. The van der Waals surface area contributed by atoms with E-state index in [1.807, 2.05) is 20.8 Å². The van der Waals surface area contributed by atoms with Gasteiger partial charge in [-0.2, -0.15) is 0 Å². The number of nitrogens with one attached hydrogen (secondary N) is 1. The second-order valence-corrected chi connectivity index (χ2v) is 10.6. The van der Waals surface area contributed by atoms with Gasteiger partial charge < -0.3 is 14.9 Å². The van der Waals surface area contributed by atoms with Gasteiger partial charge in [-0.1, -0.05) is 18.2 Å². The zero-order valence-electron chi connectivity index (χ0n) is 18.6. The Morgan fingerprint density at radius 2 is 1.68 bits per heavy atom. The fourth-order valence-electron chi connectivity index (χ4n) is 3.67. The third-order valence-electron chi connectivity index (χ3n) is 5.31. The first-order valence-electron chi connectivity index (χ1n) is 9.83. The molecule has 0 fully saturated rings. The molecule has 0 spiro atoms. The van der Waals surface area contributed by atoms with Crippen LogP contribution >= 0.6 is 0 Å². The van der Waals surface area contributed by atoms with Crippen LogP contribution in [0.1, 0.15) is 43.6 Å². The number of aliphatic hydroxyl groups is 1. The van der Waals surface area contributed by atoms with Crippen LogP contribution in [-0.2, 0) is 15.4 Å². The summed E-state index contributed by atoms with van der Waals surface area (Å²) < 4.78 is 31.6. The molecule has 0 bridgehead atoms. The van der Waals surface area contributed by atoms with Gasteiger partial charge in [0.15, 0.2) is 9.84 Å². The summed E-state index contributed by atoms with van der Waals surface area (Å²) in [5.74, 6) is 0.647. The molecule has 0 aliphatic heterocycles. The lowest BCUT2D eigenvalue weighted by atomic mass is 9.92. The number of H-pyrrole nitrogens is 1. The second-order valence-electron chi connectivity index (χ2n) is 8.60. The SMILES string of the molecule is COc1ccc(-c2c(S(C)(=O)=O)ccc([C@H](O)c3c[nH]n(C(C)(C)C)c3=O)c2C)cc1. The van der Waals surface area contributed by atoms with E-state index in [4.69, 9.17) is 4.74 Å². The van der Waals surface area contributed by atoms with Crippen LogP contribution in [0.15, 0.2) is 52.3 Å². The van der Waals surface area contributed by atoms with Crippen LogP contribution in [0.3, 0.4) is 0 Å². The quantitative estimate of drug-likeness (QED) is 0.628. The van der Waals surface area contributed by atoms with Crippen molar-refractivity contribution in [3.63, 3.8) is 0 Å². The van der Waals surface area contributed by atoms with Crippen LogP contribution < -0.4 is 10.3 Å². The first-order chi connectivity index (χ1) is 14.4. The number of hydrogen-bond acceptors (Lipinski definition) is 5. The average Bonchev–Trinajstić information content (AvgIpc) is 3.08. The van der Waals surface area contributed by atoms with Gasteiger partial charge in [-0.25, -0.2) is 13.1 Å². The van der Waals surface area contributed by atoms with E-state index >= 15 is 0 Å². The van der Waals surface area contributed by atoms with E-state index in [1.54, 1.807) is 44.4 Å². The maximum absolute atomic E-state index is 12.9. The molecule has 0 aliphatic carbocycles. The Kier molecular flexibility index (Phi) is 5.90. The number of rotatable bonds is 5. The minimum absolute atomic E-state index is 0.160. The van der Waals surface area contributed by atoms with Crippen molar-refractivity contribution in [3.05, 3.63) is 69.6 Å². The summed E-state index contributed by atoms with van der Waals surface area (Å²) in [6.07, 6.45) is 1.44. The van der Waals surface area contributed by atoms with E-state index in [0.29, 0.717) is 28.0 Å². The smallest absolute Gasteiger partial charge is 0.273 e. The fourth-order valence-corrected chi connectivity index (χ4v) is 4.63. The number of sulfone groups is 1. The molecule has 1 atom stereocenters. The van der Waals surface area contributed by atoms with Crippen molar-refractivity contribution in [2.24, 2.45) is 0 Å². The molecular weight excluding hydrogens is 416 g/mol. The van der Waals surface area contributed by atoms with Gasteiger partial charge in [-0.15, -0.1) is 0 Å². The number of methoxy groups -OCH3 is 1. The highest BCUT2D eigenvalue weighted by Gasteiger charge is 2.26. The minimum atomic E-state index is -3.54. The zero-order valence-corrected chi connectivity index (χ0v) is 19.4. The molecule has 0 aliphatic rings. The first-order valence-corrected chi connectivity index (χ1v) is 11.7. The molecule has 166 valence electrons. The van der Waals surface area contributed by atoms with Crippen molar-refractivity contribution < 1.29 is 18.3 Å². The van der Waals surface area contributed by atoms with Crippen molar-refractivity contribution in [3.8, 4) is 16.9 Å². The Hall–Kier alpha value is -2.84. The van der Waals surface area contributed by atoms with Gasteiger partial charge in [0.05, 0.1) is 23.1 Å². The number of aromatic nitrogens is 2. The van der Waals surface area contributed by atoms with Crippen LogP contribution in [0.2, 0.25) is 0 Å². The van der Waals surface area contributed by atoms with Gasteiger partial charge >= 0.3 is 0 Å². The highest BCUT2D eigenvalue weighted by Crippen LogP contribution is 2.36. The van der Waals surface area contributed by atoms with Crippen molar-refractivity contribution in [1.29, 1.82) is 0 Å². The summed E-state index contributed by atoms with van der Waals surface area (Å²) in [6, 6.07) is 10.1. The Balaban J connectivity index is 2.21. The van der Waals surface area contributed by atoms with Gasteiger partial charge in [0.2, 0.25) is 0 Å². The van der Waals surface area contributed by atoms with E-state index in [9.17, 15) is 18.3 Å². The van der Waals surface area contributed by atoms with Crippen molar-refractivity contribution in [1.82, 2.24) is 9.78 Å². The molecule has 7 nitrogen and oxygen atoms in total.